The summed E-state index contributed by atoms with van der Waals surface area (Å²) in [4.78, 5) is 26.6. The van der Waals surface area contributed by atoms with Crippen LogP contribution in [0.25, 0.3) is 0 Å². The van der Waals surface area contributed by atoms with Gasteiger partial charge in [0, 0.05) is 23.1 Å². The quantitative estimate of drug-likeness (QED) is 0.903. The van der Waals surface area contributed by atoms with E-state index >= 15 is 0 Å². The topological polar surface area (TPSA) is 79.3 Å². The minimum absolute atomic E-state index is 0.00832. The Kier molecular flexibility index (Phi) is 3.77. The molecule has 0 saturated carbocycles. The van der Waals surface area contributed by atoms with Gasteiger partial charge in [0.1, 0.15) is 0 Å². The molecule has 1 aromatic carbocycles. The summed E-state index contributed by atoms with van der Waals surface area (Å²) in [6, 6.07) is 7.36. The molecule has 1 aromatic heterocycles. The molecule has 1 amide bonds. The summed E-state index contributed by atoms with van der Waals surface area (Å²) in [6.45, 7) is 0. The SMILES string of the molecule is O=C(O)c1cc(Cl)cc(NC(=O)c2cccnc2)c1. The van der Waals surface area contributed by atoms with Crippen LogP contribution in [0.3, 0.4) is 0 Å². The van der Waals surface area contributed by atoms with Gasteiger partial charge in [-0.25, -0.2) is 4.79 Å². The van der Waals surface area contributed by atoms with Crippen molar-refractivity contribution in [2.45, 2.75) is 0 Å². The number of carbonyl (C=O) groups is 2. The smallest absolute Gasteiger partial charge is 0.335 e. The second-order valence-electron chi connectivity index (χ2n) is 3.73. The van der Waals surface area contributed by atoms with E-state index in [1.54, 1.807) is 18.3 Å². The van der Waals surface area contributed by atoms with Gasteiger partial charge in [-0.2, -0.15) is 0 Å². The maximum Gasteiger partial charge on any atom is 0.335 e. The molecule has 0 unspecified atom stereocenters. The van der Waals surface area contributed by atoms with E-state index in [9.17, 15) is 9.59 Å². The van der Waals surface area contributed by atoms with Crippen LogP contribution in [0.1, 0.15) is 20.7 Å². The number of hydrogen-bond acceptors (Lipinski definition) is 3. The summed E-state index contributed by atoms with van der Waals surface area (Å²) in [7, 11) is 0. The second kappa shape index (κ2) is 5.49. The largest absolute Gasteiger partial charge is 0.478 e. The molecule has 19 heavy (non-hydrogen) atoms. The molecular weight excluding hydrogens is 268 g/mol. The number of amides is 1. The van der Waals surface area contributed by atoms with Gasteiger partial charge in [0.2, 0.25) is 0 Å². The summed E-state index contributed by atoms with van der Waals surface area (Å²) in [5.74, 6) is -1.49. The fourth-order valence-corrected chi connectivity index (χ4v) is 1.72. The average molecular weight is 277 g/mol. The standard InChI is InChI=1S/C13H9ClN2O3/c14-10-4-9(13(18)19)5-11(6-10)16-12(17)8-2-1-3-15-7-8/h1-7H,(H,16,17)(H,18,19). The third-order valence-electron chi connectivity index (χ3n) is 2.33. The Hall–Kier alpha value is -2.40. The number of benzene rings is 1. The van der Waals surface area contributed by atoms with Gasteiger partial charge in [-0.15, -0.1) is 0 Å². The average Bonchev–Trinajstić information content (AvgIpc) is 2.39. The highest BCUT2D eigenvalue weighted by atomic mass is 35.5. The van der Waals surface area contributed by atoms with Crippen molar-refractivity contribution < 1.29 is 14.7 Å². The highest BCUT2D eigenvalue weighted by Crippen LogP contribution is 2.19. The van der Waals surface area contributed by atoms with Gasteiger partial charge in [0.05, 0.1) is 11.1 Å². The number of nitrogens with zero attached hydrogens (tertiary/aromatic N) is 1. The molecular formula is C13H9ClN2O3. The first-order chi connectivity index (χ1) is 9.06. The minimum atomic E-state index is -1.11. The number of aromatic nitrogens is 1. The van der Waals surface area contributed by atoms with Crippen molar-refractivity contribution >= 4 is 29.2 Å². The van der Waals surface area contributed by atoms with Crippen molar-refractivity contribution in [3.63, 3.8) is 0 Å². The van der Waals surface area contributed by atoms with Gasteiger partial charge in [-0.05, 0) is 30.3 Å². The second-order valence-corrected chi connectivity index (χ2v) is 4.17. The first-order valence-corrected chi connectivity index (χ1v) is 5.69. The molecule has 0 radical (unpaired) electrons. The van der Waals surface area contributed by atoms with Crippen molar-refractivity contribution in [1.29, 1.82) is 0 Å². The molecule has 0 aliphatic heterocycles. The van der Waals surface area contributed by atoms with E-state index in [4.69, 9.17) is 16.7 Å². The normalized spacial score (nSPS) is 9.95. The summed E-state index contributed by atoms with van der Waals surface area (Å²) in [5, 5.41) is 11.7. The number of halogens is 1. The molecule has 96 valence electrons. The van der Waals surface area contributed by atoms with E-state index in [0.29, 0.717) is 11.3 Å². The third-order valence-corrected chi connectivity index (χ3v) is 2.54. The number of nitrogens with one attached hydrogen (secondary N) is 1. The molecule has 1 heterocycles. The monoisotopic (exact) mass is 276 g/mol. The van der Waals surface area contributed by atoms with Crippen molar-refractivity contribution in [2.24, 2.45) is 0 Å². The number of hydrogen-bond donors (Lipinski definition) is 2. The lowest BCUT2D eigenvalue weighted by Gasteiger charge is -2.06. The van der Waals surface area contributed by atoms with E-state index in [2.05, 4.69) is 10.3 Å². The molecule has 0 spiro atoms. The molecule has 2 N–H and O–H groups in total. The van der Waals surface area contributed by atoms with Crippen molar-refractivity contribution in [3.8, 4) is 0 Å². The maximum atomic E-state index is 11.9. The molecule has 0 saturated heterocycles. The molecule has 5 nitrogen and oxygen atoms in total. The Labute approximate surface area is 113 Å². The van der Waals surface area contributed by atoms with Gasteiger partial charge in [-0.3, -0.25) is 9.78 Å². The van der Waals surface area contributed by atoms with Crippen molar-refractivity contribution in [3.05, 3.63) is 58.9 Å². The predicted octanol–water partition coefficient (Wildman–Crippen LogP) is 2.69. The number of aromatic carboxylic acids is 1. The van der Waals surface area contributed by atoms with E-state index in [1.165, 1.54) is 24.4 Å². The van der Waals surface area contributed by atoms with Crippen LogP contribution in [0.2, 0.25) is 5.02 Å². The number of anilines is 1. The van der Waals surface area contributed by atoms with Crippen LogP contribution in [0, 0.1) is 0 Å². The summed E-state index contributed by atoms with van der Waals surface area (Å²) in [6.07, 6.45) is 2.97. The molecule has 2 rings (SSSR count). The number of pyridine rings is 1. The maximum absolute atomic E-state index is 11.9. The molecule has 2 aromatic rings. The first kappa shape index (κ1) is 13.0. The Morgan fingerprint density at radius 2 is 2.00 bits per heavy atom. The van der Waals surface area contributed by atoms with Gasteiger partial charge in [0.25, 0.3) is 5.91 Å². The lowest BCUT2D eigenvalue weighted by Crippen LogP contribution is -2.12. The zero-order valence-electron chi connectivity index (χ0n) is 9.63. The molecule has 0 fully saturated rings. The Balaban J connectivity index is 2.24. The van der Waals surface area contributed by atoms with E-state index in [-0.39, 0.29) is 16.5 Å². The van der Waals surface area contributed by atoms with Gasteiger partial charge in [0.15, 0.2) is 0 Å². The van der Waals surface area contributed by atoms with Crippen LogP contribution in [0.15, 0.2) is 42.7 Å². The highest BCUT2D eigenvalue weighted by Gasteiger charge is 2.10. The number of carboxylic acid groups (broad SMARTS) is 1. The fraction of sp³-hybridized carbons (Fsp3) is 0. The van der Waals surface area contributed by atoms with Crippen LogP contribution >= 0.6 is 11.6 Å². The highest BCUT2D eigenvalue weighted by molar-refractivity contribution is 6.31. The number of carboxylic acids is 1. The van der Waals surface area contributed by atoms with Crippen LogP contribution in [0.5, 0.6) is 0 Å². The molecule has 0 aliphatic carbocycles. The van der Waals surface area contributed by atoms with Gasteiger partial charge < -0.3 is 10.4 Å². The Morgan fingerprint density at radius 1 is 1.21 bits per heavy atom. The fourth-order valence-electron chi connectivity index (χ4n) is 1.49. The summed E-state index contributed by atoms with van der Waals surface area (Å²) in [5.41, 5.74) is 0.701. The lowest BCUT2D eigenvalue weighted by molar-refractivity contribution is 0.0696. The van der Waals surface area contributed by atoms with Crippen molar-refractivity contribution in [1.82, 2.24) is 4.98 Å². The Bertz CT molecular complexity index is 629. The summed E-state index contributed by atoms with van der Waals surface area (Å²) < 4.78 is 0. The van der Waals surface area contributed by atoms with Gasteiger partial charge >= 0.3 is 5.97 Å². The number of rotatable bonds is 3. The third kappa shape index (κ3) is 3.29. The first-order valence-electron chi connectivity index (χ1n) is 5.31. The predicted molar refractivity (Wildman–Crippen MR) is 70.6 cm³/mol. The molecule has 0 bridgehead atoms. The van der Waals surface area contributed by atoms with Crippen LogP contribution in [-0.4, -0.2) is 22.0 Å². The minimum Gasteiger partial charge on any atom is -0.478 e. The van der Waals surface area contributed by atoms with E-state index in [1.807, 2.05) is 0 Å². The van der Waals surface area contributed by atoms with Crippen LogP contribution < -0.4 is 5.32 Å². The van der Waals surface area contributed by atoms with Crippen LogP contribution in [0.4, 0.5) is 5.69 Å². The zero-order chi connectivity index (χ0) is 13.8. The molecule has 6 heteroatoms. The van der Waals surface area contributed by atoms with E-state index in [0.717, 1.165) is 0 Å². The van der Waals surface area contributed by atoms with Crippen LogP contribution in [-0.2, 0) is 0 Å². The molecule has 0 atom stereocenters. The lowest BCUT2D eigenvalue weighted by atomic mass is 10.2. The van der Waals surface area contributed by atoms with Gasteiger partial charge in [-0.1, -0.05) is 11.6 Å². The summed E-state index contributed by atoms with van der Waals surface area (Å²) >= 11 is 5.80. The number of carbonyl (C=O) groups excluding carboxylic acids is 1. The Morgan fingerprint density at radius 3 is 2.63 bits per heavy atom. The zero-order valence-corrected chi connectivity index (χ0v) is 10.4. The van der Waals surface area contributed by atoms with E-state index < -0.39 is 5.97 Å². The molecule has 0 aliphatic rings. The van der Waals surface area contributed by atoms with Crippen molar-refractivity contribution in [2.75, 3.05) is 5.32 Å².